The van der Waals surface area contributed by atoms with Gasteiger partial charge in [-0.15, -0.1) is 0 Å². The molecule has 3 fully saturated rings. The molecule has 1 aromatic rings. The first-order valence-corrected chi connectivity index (χ1v) is 13.1. The fourth-order valence-corrected chi connectivity index (χ4v) is 5.66. The zero-order valence-electron chi connectivity index (χ0n) is 22.6. The average molecular weight is 530 g/mol. The third-order valence-corrected chi connectivity index (χ3v) is 8.07. The number of likely N-dealkylation sites (N-methyl/N-ethyl adjacent to an activating group) is 1. The molecule has 1 atom stereocenters. The van der Waals surface area contributed by atoms with Crippen LogP contribution in [0.3, 0.4) is 0 Å². The summed E-state index contributed by atoms with van der Waals surface area (Å²) in [6.07, 6.45) is 0.560. The number of piperidine rings is 1. The Morgan fingerprint density at radius 2 is 1.74 bits per heavy atom. The molecule has 11 heteroatoms. The number of nitrogens with one attached hydrogen (secondary N) is 1. The van der Waals surface area contributed by atoms with Gasteiger partial charge in [0, 0.05) is 52.6 Å². The largest absolute Gasteiger partial charge is 0.342 e. The van der Waals surface area contributed by atoms with E-state index in [1.54, 1.807) is 41.5 Å². The van der Waals surface area contributed by atoms with Crippen LogP contribution in [0.4, 0.5) is 9.18 Å². The van der Waals surface area contributed by atoms with E-state index in [0.29, 0.717) is 19.6 Å². The normalized spacial score (nSPS) is 20.3. The quantitative estimate of drug-likeness (QED) is 0.564. The number of imide groups is 1. The lowest BCUT2D eigenvalue weighted by Crippen LogP contribution is -2.62. The second-order valence-corrected chi connectivity index (χ2v) is 11.1. The highest BCUT2D eigenvalue weighted by Gasteiger charge is 2.58. The zero-order valence-corrected chi connectivity index (χ0v) is 22.6. The van der Waals surface area contributed by atoms with Gasteiger partial charge in [-0.25, -0.2) is 9.18 Å². The Kier molecular flexibility index (Phi) is 7.49. The summed E-state index contributed by atoms with van der Waals surface area (Å²) in [4.78, 5) is 70.2. The van der Waals surface area contributed by atoms with Gasteiger partial charge in [-0.3, -0.25) is 24.1 Å². The van der Waals surface area contributed by atoms with E-state index in [4.69, 9.17) is 0 Å². The molecule has 0 saturated carbocycles. The Balaban J connectivity index is 1.44. The minimum absolute atomic E-state index is 0.0133. The fraction of sp³-hybridized carbons (Fsp3) is 0.593. The number of hydrogen-bond acceptors (Lipinski definition) is 5. The summed E-state index contributed by atoms with van der Waals surface area (Å²) in [5.41, 5.74) is -0.416. The van der Waals surface area contributed by atoms with Crippen molar-refractivity contribution in [3.05, 3.63) is 35.1 Å². The van der Waals surface area contributed by atoms with Crippen molar-refractivity contribution in [1.82, 2.24) is 24.9 Å². The van der Waals surface area contributed by atoms with Crippen molar-refractivity contribution in [1.29, 1.82) is 0 Å². The van der Waals surface area contributed by atoms with Crippen LogP contribution in [0.1, 0.15) is 49.5 Å². The maximum Gasteiger partial charge on any atom is 0.327 e. The van der Waals surface area contributed by atoms with Gasteiger partial charge in [-0.05, 0) is 37.8 Å². The number of urea groups is 1. The first kappa shape index (κ1) is 27.5. The number of halogens is 1. The molecule has 0 unspecified atom stereocenters. The van der Waals surface area contributed by atoms with Crippen molar-refractivity contribution in [2.45, 2.75) is 52.1 Å². The van der Waals surface area contributed by atoms with Gasteiger partial charge in [0.1, 0.15) is 17.4 Å². The highest BCUT2D eigenvalue weighted by molar-refractivity contribution is 6.07. The van der Waals surface area contributed by atoms with Gasteiger partial charge in [0.05, 0.1) is 5.56 Å². The van der Waals surface area contributed by atoms with E-state index in [0.717, 1.165) is 10.5 Å². The number of carbonyl (C=O) groups is 5. The summed E-state index contributed by atoms with van der Waals surface area (Å²) in [6, 6.07) is 3.01. The maximum absolute atomic E-state index is 14.3. The lowest BCUT2D eigenvalue weighted by Gasteiger charge is -2.46. The van der Waals surface area contributed by atoms with Gasteiger partial charge < -0.3 is 20.0 Å². The molecule has 10 nitrogen and oxygen atoms in total. The molecule has 3 saturated heterocycles. The van der Waals surface area contributed by atoms with Gasteiger partial charge >= 0.3 is 6.03 Å². The summed E-state index contributed by atoms with van der Waals surface area (Å²) in [5.74, 6) is -2.06. The predicted octanol–water partition coefficient (Wildman–Crippen LogP) is 1.62. The highest BCUT2D eigenvalue weighted by atomic mass is 19.1. The van der Waals surface area contributed by atoms with Crippen LogP contribution in [0.25, 0.3) is 0 Å². The predicted molar refractivity (Wildman–Crippen MR) is 136 cm³/mol. The number of carbonyl (C=O) groups excluding carboxylic acids is 5. The standard InChI is InChI=1S/C27H36FN5O5/c1-16(2)22(29-23(35)20-12-17(3)6-7-21(20)28)24(36)31-10-8-27(9-11-31)25(37)30(5)26(38)33(27)15-19-13-32(14-19)18(4)34/h6-7,12,16,19,22H,8-11,13-15H2,1-5H3,(H,29,35)/t22-/m1/s1. The fourth-order valence-electron chi connectivity index (χ4n) is 5.66. The number of aryl methyl sites for hydroxylation is 1. The van der Waals surface area contributed by atoms with Gasteiger partial charge in [-0.2, -0.15) is 0 Å². The molecule has 4 rings (SSSR count). The van der Waals surface area contributed by atoms with E-state index in [2.05, 4.69) is 5.32 Å². The van der Waals surface area contributed by atoms with Crippen molar-refractivity contribution in [3.63, 3.8) is 0 Å². The van der Waals surface area contributed by atoms with E-state index < -0.39 is 23.3 Å². The molecule has 0 aromatic heterocycles. The first-order chi connectivity index (χ1) is 17.9. The third kappa shape index (κ3) is 4.86. The van der Waals surface area contributed by atoms with E-state index in [-0.39, 0.29) is 67.1 Å². The van der Waals surface area contributed by atoms with Gasteiger partial charge in [0.15, 0.2) is 0 Å². The Morgan fingerprint density at radius 1 is 1.11 bits per heavy atom. The van der Waals surface area contributed by atoms with Gasteiger partial charge in [0.2, 0.25) is 11.8 Å². The summed E-state index contributed by atoms with van der Waals surface area (Å²) in [6.45, 7) is 8.83. The van der Waals surface area contributed by atoms with Crippen LogP contribution in [0, 0.1) is 24.6 Å². The Morgan fingerprint density at radius 3 is 2.32 bits per heavy atom. The molecule has 0 radical (unpaired) electrons. The summed E-state index contributed by atoms with van der Waals surface area (Å²) in [5, 5.41) is 2.70. The summed E-state index contributed by atoms with van der Waals surface area (Å²) < 4.78 is 14.3. The second-order valence-electron chi connectivity index (χ2n) is 11.1. The van der Waals surface area contributed by atoms with Crippen molar-refractivity contribution in [2.75, 3.05) is 39.8 Å². The molecule has 3 aliphatic rings. The van der Waals surface area contributed by atoms with Gasteiger partial charge in [-0.1, -0.05) is 25.5 Å². The summed E-state index contributed by atoms with van der Waals surface area (Å²) in [7, 11) is 1.47. The van der Waals surface area contributed by atoms with Crippen LogP contribution in [0.2, 0.25) is 0 Å². The lowest BCUT2D eigenvalue weighted by atomic mass is 9.84. The average Bonchev–Trinajstić information content (AvgIpc) is 3.01. The van der Waals surface area contributed by atoms with Gasteiger partial charge in [0.25, 0.3) is 11.8 Å². The van der Waals surface area contributed by atoms with Crippen LogP contribution in [-0.2, 0) is 14.4 Å². The minimum Gasteiger partial charge on any atom is -0.342 e. The van der Waals surface area contributed by atoms with Crippen LogP contribution in [0.5, 0.6) is 0 Å². The SMILES string of the molecule is CC(=O)N1CC(CN2C(=O)N(C)C(=O)C23CCN(C(=O)[C@H](NC(=O)c2cc(C)ccc2F)C(C)C)CC3)C1. The van der Waals surface area contributed by atoms with E-state index in [1.165, 1.54) is 26.1 Å². The minimum atomic E-state index is -1.03. The molecule has 3 aliphatic heterocycles. The van der Waals surface area contributed by atoms with E-state index >= 15 is 0 Å². The molecule has 0 bridgehead atoms. The summed E-state index contributed by atoms with van der Waals surface area (Å²) >= 11 is 0. The number of likely N-dealkylation sites (tertiary alicyclic amines) is 2. The van der Waals surface area contributed by atoms with Crippen molar-refractivity contribution >= 4 is 29.7 Å². The molecular formula is C27H36FN5O5. The number of rotatable bonds is 6. The second kappa shape index (κ2) is 10.3. The molecule has 0 aliphatic carbocycles. The number of hydrogen-bond donors (Lipinski definition) is 1. The molecule has 1 N–H and O–H groups in total. The topological polar surface area (TPSA) is 110 Å². The van der Waals surface area contributed by atoms with Crippen molar-refractivity contribution in [3.8, 4) is 0 Å². The van der Waals surface area contributed by atoms with E-state index in [9.17, 15) is 28.4 Å². The van der Waals surface area contributed by atoms with Crippen LogP contribution in [-0.4, -0.2) is 101 Å². The smallest absolute Gasteiger partial charge is 0.327 e. The van der Waals surface area contributed by atoms with Crippen molar-refractivity contribution in [2.24, 2.45) is 11.8 Å². The number of nitrogens with zero attached hydrogens (tertiary/aromatic N) is 4. The Hall–Kier alpha value is -3.50. The van der Waals surface area contributed by atoms with Crippen molar-refractivity contribution < 1.29 is 28.4 Å². The monoisotopic (exact) mass is 529 g/mol. The molecule has 1 aromatic carbocycles. The first-order valence-electron chi connectivity index (χ1n) is 13.1. The maximum atomic E-state index is 14.3. The highest BCUT2D eigenvalue weighted by Crippen LogP contribution is 2.38. The number of benzene rings is 1. The Labute approximate surface area is 222 Å². The molecule has 1 spiro atoms. The van der Waals surface area contributed by atoms with Crippen LogP contribution in [0.15, 0.2) is 18.2 Å². The molecule has 6 amide bonds. The van der Waals surface area contributed by atoms with Crippen LogP contribution < -0.4 is 5.32 Å². The molecule has 3 heterocycles. The third-order valence-electron chi connectivity index (χ3n) is 8.07. The van der Waals surface area contributed by atoms with Crippen LogP contribution >= 0.6 is 0 Å². The molecular weight excluding hydrogens is 493 g/mol. The lowest BCUT2D eigenvalue weighted by molar-refractivity contribution is -0.143. The Bertz CT molecular complexity index is 1160. The zero-order chi connectivity index (χ0) is 27.9. The van der Waals surface area contributed by atoms with E-state index in [1.807, 2.05) is 0 Å². The molecule has 38 heavy (non-hydrogen) atoms. The molecule has 206 valence electrons. The number of amides is 6.